The third-order valence-corrected chi connectivity index (χ3v) is 6.88. The highest BCUT2D eigenvalue weighted by molar-refractivity contribution is 6.10. The Kier molecular flexibility index (Phi) is 4.73. The first kappa shape index (κ1) is 21.2. The topological polar surface area (TPSA) is 93.1 Å². The average Bonchev–Trinajstić information content (AvgIpc) is 2.91. The fraction of sp³-hybridized carbons (Fsp3) is 0.667. The lowest BCUT2D eigenvalue weighted by molar-refractivity contribution is -0.234. The number of phenols is 2. The normalized spacial score (nSPS) is 28.8. The standard InChI is InChI=1S/C24H32O6/c1-11(2)18(25)16-20(27)15-13-8-7-9-24(14(13)10-23(5,6)30-24)29-22(15)17(21(16)28)19(26)12(3)4/h11-14,27-28H,7-10H2,1-6H3/t13-,14-,24-/m0/s1. The summed E-state index contributed by atoms with van der Waals surface area (Å²) in [6.07, 6.45) is 3.13. The highest BCUT2D eigenvalue weighted by Gasteiger charge is 2.62. The molecule has 164 valence electrons. The van der Waals surface area contributed by atoms with Gasteiger partial charge in [0, 0.05) is 35.7 Å². The number of rotatable bonds is 4. The van der Waals surface area contributed by atoms with E-state index in [9.17, 15) is 19.8 Å². The zero-order valence-electron chi connectivity index (χ0n) is 18.7. The van der Waals surface area contributed by atoms with Gasteiger partial charge in [0.25, 0.3) is 0 Å². The van der Waals surface area contributed by atoms with Gasteiger partial charge in [-0.25, -0.2) is 0 Å². The van der Waals surface area contributed by atoms with Crippen LogP contribution in [-0.4, -0.2) is 33.2 Å². The molecule has 2 N–H and O–H groups in total. The summed E-state index contributed by atoms with van der Waals surface area (Å²) in [5.74, 6) is -3.02. The van der Waals surface area contributed by atoms with Crippen LogP contribution in [0.3, 0.4) is 0 Å². The van der Waals surface area contributed by atoms with Crippen LogP contribution in [0.4, 0.5) is 0 Å². The molecular formula is C24H32O6. The van der Waals surface area contributed by atoms with E-state index in [0.29, 0.717) is 12.0 Å². The van der Waals surface area contributed by atoms with Gasteiger partial charge in [0.2, 0.25) is 5.79 Å². The minimum atomic E-state index is -0.867. The van der Waals surface area contributed by atoms with E-state index < -0.39 is 29.0 Å². The number of phenolic OH excluding ortho intramolecular Hbond substituents is 2. The molecule has 30 heavy (non-hydrogen) atoms. The van der Waals surface area contributed by atoms with E-state index in [1.807, 2.05) is 13.8 Å². The van der Waals surface area contributed by atoms with Crippen LogP contribution in [0.1, 0.15) is 99.4 Å². The fourth-order valence-electron chi connectivity index (χ4n) is 5.60. The maximum atomic E-state index is 13.2. The quantitative estimate of drug-likeness (QED) is 0.675. The largest absolute Gasteiger partial charge is 0.507 e. The molecule has 2 aliphatic heterocycles. The molecule has 1 aromatic rings. The van der Waals surface area contributed by atoms with E-state index in [-0.39, 0.29) is 46.0 Å². The van der Waals surface area contributed by atoms with Crippen molar-refractivity contribution in [1.29, 1.82) is 0 Å². The van der Waals surface area contributed by atoms with Crippen LogP contribution >= 0.6 is 0 Å². The minimum Gasteiger partial charge on any atom is -0.507 e. The van der Waals surface area contributed by atoms with Crippen molar-refractivity contribution in [3.63, 3.8) is 0 Å². The second-order valence-corrected chi connectivity index (χ2v) is 10.3. The Morgan fingerprint density at radius 1 is 1.00 bits per heavy atom. The van der Waals surface area contributed by atoms with Crippen molar-refractivity contribution in [2.75, 3.05) is 0 Å². The molecule has 2 heterocycles. The fourth-order valence-corrected chi connectivity index (χ4v) is 5.60. The molecule has 3 atom stereocenters. The summed E-state index contributed by atoms with van der Waals surface area (Å²) in [7, 11) is 0. The molecule has 0 radical (unpaired) electrons. The van der Waals surface area contributed by atoms with Gasteiger partial charge < -0.3 is 19.7 Å². The number of fused-ring (bicyclic) bond motifs is 2. The summed E-state index contributed by atoms with van der Waals surface area (Å²) in [6, 6.07) is 0. The second kappa shape index (κ2) is 6.71. The van der Waals surface area contributed by atoms with Crippen LogP contribution in [0, 0.1) is 17.8 Å². The van der Waals surface area contributed by atoms with Gasteiger partial charge in [-0.15, -0.1) is 0 Å². The number of benzene rings is 1. The highest BCUT2D eigenvalue weighted by Crippen LogP contribution is 2.64. The monoisotopic (exact) mass is 416 g/mol. The van der Waals surface area contributed by atoms with Crippen LogP contribution < -0.4 is 4.74 Å². The SMILES string of the molecule is CC(C)C(=O)c1c(O)c(C(=O)C(C)C)c2c(c1O)[C@H]1CCC[C@]3(O2)OC(C)(C)C[C@@H]13. The molecule has 2 bridgehead atoms. The van der Waals surface area contributed by atoms with E-state index in [0.717, 1.165) is 19.3 Å². The van der Waals surface area contributed by atoms with Crippen molar-refractivity contribution in [3.8, 4) is 17.2 Å². The van der Waals surface area contributed by atoms with Crippen LogP contribution in [0.15, 0.2) is 0 Å². The average molecular weight is 417 g/mol. The predicted molar refractivity (Wildman–Crippen MR) is 111 cm³/mol. The molecule has 1 aromatic carbocycles. The summed E-state index contributed by atoms with van der Waals surface area (Å²) in [5, 5.41) is 22.3. The van der Waals surface area contributed by atoms with Gasteiger partial charge in [0.1, 0.15) is 28.4 Å². The summed E-state index contributed by atoms with van der Waals surface area (Å²) in [4.78, 5) is 26.1. The zero-order chi connectivity index (χ0) is 22.2. The first-order chi connectivity index (χ1) is 13.9. The number of hydrogen-bond donors (Lipinski definition) is 2. The summed E-state index contributed by atoms with van der Waals surface area (Å²) in [6.45, 7) is 10.9. The summed E-state index contributed by atoms with van der Waals surface area (Å²) < 4.78 is 12.8. The van der Waals surface area contributed by atoms with Crippen LogP contribution in [0.5, 0.6) is 17.2 Å². The van der Waals surface area contributed by atoms with Gasteiger partial charge in [0.15, 0.2) is 11.6 Å². The van der Waals surface area contributed by atoms with Crippen molar-refractivity contribution >= 4 is 11.6 Å². The molecule has 1 aliphatic carbocycles. The number of hydrogen-bond acceptors (Lipinski definition) is 6. The number of carbonyl (C=O) groups excluding carboxylic acids is 2. The first-order valence-corrected chi connectivity index (χ1v) is 11.0. The molecule has 6 nitrogen and oxygen atoms in total. The van der Waals surface area contributed by atoms with Crippen molar-refractivity contribution in [3.05, 3.63) is 16.7 Å². The maximum absolute atomic E-state index is 13.2. The summed E-state index contributed by atoms with van der Waals surface area (Å²) >= 11 is 0. The Labute approximate surface area is 177 Å². The smallest absolute Gasteiger partial charge is 0.214 e. The van der Waals surface area contributed by atoms with Gasteiger partial charge in [-0.05, 0) is 33.1 Å². The first-order valence-electron chi connectivity index (χ1n) is 11.0. The molecular weight excluding hydrogens is 384 g/mol. The van der Waals surface area contributed by atoms with E-state index in [4.69, 9.17) is 9.47 Å². The molecule has 0 amide bonds. The van der Waals surface area contributed by atoms with Gasteiger partial charge >= 0.3 is 0 Å². The van der Waals surface area contributed by atoms with Crippen LogP contribution in [0.25, 0.3) is 0 Å². The molecule has 4 rings (SSSR count). The Bertz CT molecular complexity index is 928. The van der Waals surface area contributed by atoms with Crippen LogP contribution in [-0.2, 0) is 4.74 Å². The van der Waals surface area contributed by atoms with Gasteiger partial charge in [0.05, 0.1) is 5.60 Å². The third kappa shape index (κ3) is 2.87. The lowest BCUT2D eigenvalue weighted by Crippen LogP contribution is -2.50. The predicted octanol–water partition coefficient (Wildman–Crippen LogP) is 4.95. The lowest BCUT2D eigenvalue weighted by atomic mass is 9.67. The van der Waals surface area contributed by atoms with Crippen molar-refractivity contribution in [2.45, 2.75) is 84.5 Å². The Hall–Kier alpha value is -2.08. The molecule has 0 spiro atoms. The Balaban J connectivity index is 2.03. The molecule has 0 unspecified atom stereocenters. The number of ether oxygens (including phenoxy) is 2. The number of Topliss-reactive ketones (excluding diaryl/α,β-unsaturated/α-hetero) is 2. The highest BCUT2D eigenvalue weighted by atomic mass is 16.7. The molecule has 2 fully saturated rings. The van der Waals surface area contributed by atoms with E-state index >= 15 is 0 Å². The second-order valence-electron chi connectivity index (χ2n) is 10.3. The molecule has 1 saturated heterocycles. The van der Waals surface area contributed by atoms with E-state index in [1.54, 1.807) is 27.7 Å². The van der Waals surface area contributed by atoms with Gasteiger partial charge in [-0.2, -0.15) is 0 Å². The van der Waals surface area contributed by atoms with Gasteiger partial charge in [-0.3, -0.25) is 9.59 Å². The van der Waals surface area contributed by atoms with Crippen molar-refractivity contribution < 1.29 is 29.3 Å². The molecule has 0 aromatic heterocycles. The zero-order valence-corrected chi connectivity index (χ0v) is 18.7. The van der Waals surface area contributed by atoms with E-state index in [1.165, 1.54) is 0 Å². The summed E-state index contributed by atoms with van der Waals surface area (Å²) in [5.41, 5.74) is -0.0685. The molecule has 1 saturated carbocycles. The number of carbonyl (C=O) groups is 2. The van der Waals surface area contributed by atoms with Crippen molar-refractivity contribution in [2.24, 2.45) is 17.8 Å². The third-order valence-electron chi connectivity index (χ3n) is 6.88. The minimum absolute atomic E-state index is 0.000156. The molecule has 3 aliphatic rings. The van der Waals surface area contributed by atoms with Gasteiger partial charge in [-0.1, -0.05) is 27.7 Å². The van der Waals surface area contributed by atoms with Crippen LogP contribution in [0.2, 0.25) is 0 Å². The lowest BCUT2D eigenvalue weighted by Gasteiger charge is -2.48. The molecule has 6 heteroatoms. The maximum Gasteiger partial charge on any atom is 0.214 e. The number of aromatic hydroxyl groups is 2. The van der Waals surface area contributed by atoms with Crippen molar-refractivity contribution in [1.82, 2.24) is 0 Å². The van der Waals surface area contributed by atoms with E-state index in [2.05, 4.69) is 0 Å². The number of ketones is 2. The Morgan fingerprint density at radius 2 is 1.60 bits per heavy atom. The Morgan fingerprint density at radius 3 is 2.20 bits per heavy atom.